The summed E-state index contributed by atoms with van der Waals surface area (Å²) in [5, 5.41) is 9.16. The number of rotatable bonds is 4. The molecule has 1 aromatic carbocycles. The zero-order valence-corrected chi connectivity index (χ0v) is 11.5. The van der Waals surface area contributed by atoms with E-state index in [1.54, 1.807) is 25.2 Å². The van der Waals surface area contributed by atoms with Gasteiger partial charge in [0.15, 0.2) is 0 Å². The summed E-state index contributed by atoms with van der Waals surface area (Å²) < 4.78 is 5.55. The van der Waals surface area contributed by atoms with E-state index in [4.69, 9.17) is 9.84 Å². The van der Waals surface area contributed by atoms with Crippen LogP contribution in [0.3, 0.4) is 0 Å². The Morgan fingerprint density at radius 3 is 2.75 bits per heavy atom. The minimum Gasteiger partial charge on any atom is -0.478 e. The predicted molar refractivity (Wildman–Crippen MR) is 75.0 cm³/mol. The lowest BCUT2D eigenvalue weighted by atomic mass is 10.1. The van der Waals surface area contributed by atoms with Crippen molar-refractivity contribution in [3.63, 3.8) is 0 Å². The Balaban J connectivity index is 2.08. The number of nitrogens with zero attached hydrogens (tertiary/aromatic N) is 1. The topological polar surface area (TPSA) is 66.8 Å². The van der Waals surface area contributed by atoms with Crippen molar-refractivity contribution in [2.24, 2.45) is 0 Å². The van der Waals surface area contributed by atoms with E-state index in [1.165, 1.54) is 11.0 Å². The average molecular weight is 277 g/mol. The normalized spacial score (nSPS) is 18.6. The number of hydrogen-bond acceptors (Lipinski definition) is 3. The highest BCUT2D eigenvalue weighted by molar-refractivity contribution is 6.01. The third-order valence-corrected chi connectivity index (χ3v) is 3.55. The highest BCUT2D eigenvalue weighted by Gasteiger charge is 2.22. The molecule has 1 atom stereocenters. The lowest BCUT2D eigenvalue weighted by molar-refractivity contribution is -0.122. The second kappa shape index (κ2) is 6.52. The molecule has 0 spiro atoms. The fourth-order valence-electron chi connectivity index (χ4n) is 2.38. The number of carbonyl (C=O) groups is 2. The molecule has 0 bridgehead atoms. The van der Waals surface area contributed by atoms with Crippen LogP contribution >= 0.6 is 0 Å². The molecule has 5 nitrogen and oxygen atoms in total. The van der Waals surface area contributed by atoms with Gasteiger partial charge in [0.05, 0.1) is 23.8 Å². The summed E-state index contributed by atoms with van der Waals surface area (Å²) in [5.74, 6) is -1.15. The molecule has 1 aromatic rings. The molecule has 1 fully saturated rings. The SMILES string of the molecule is CN(C(=O)CC1CCCCO1)c1ccccc1C(=O)O. The number of anilines is 1. The highest BCUT2D eigenvalue weighted by Crippen LogP contribution is 2.22. The smallest absolute Gasteiger partial charge is 0.337 e. The zero-order chi connectivity index (χ0) is 14.5. The summed E-state index contributed by atoms with van der Waals surface area (Å²) in [6.07, 6.45) is 3.26. The molecule has 1 aliphatic rings. The van der Waals surface area contributed by atoms with E-state index in [0.717, 1.165) is 19.3 Å². The molecule has 1 N–H and O–H groups in total. The van der Waals surface area contributed by atoms with Crippen molar-refractivity contribution < 1.29 is 19.4 Å². The van der Waals surface area contributed by atoms with Gasteiger partial charge in [0.25, 0.3) is 0 Å². The molecule has 5 heteroatoms. The number of carboxylic acid groups (broad SMARTS) is 1. The summed E-state index contributed by atoms with van der Waals surface area (Å²) >= 11 is 0. The van der Waals surface area contributed by atoms with Gasteiger partial charge in [-0.2, -0.15) is 0 Å². The fourth-order valence-corrected chi connectivity index (χ4v) is 2.38. The van der Waals surface area contributed by atoms with Gasteiger partial charge in [-0.05, 0) is 31.4 Å². The molecule has 20 heavy (non-hydrogen) atoms. The maximum Gasteiger partial charge on any atom is 0.337 e. The van der Waals surface area contributed by atoms with Crippen LogP contribution in [0.4, 0.5) is 5.69 Å². The van der Waals surface area contributed by atoms with E-state index < -0.39 is 5.97 Å². The zero-order valence-electron chi connectivity index (χ0n) is 11.5. The molecule has 0 aromatic heterocycles. The summed E-state index contributed by atoms with van der Waals surface area (Å²) in [4.78, 5) is 24.8. The van der Waals surface area contributed by atoms with Crippen LogP contribution < -0.4 is 4.90 Å². The van der Waals surface area contributed by atoms with Crippen molar-refractivity contribution in [2.45, 2.75) is 31.8 Å². The van der Waals surface area contributed by atoms with E-state index in [1.807, 2.05) is 0 Å². The molecule has 2 rings (SSSR count). The minimum atomic E-state index is -1.03. The van der Waals surface area contributed by atoms with Crippen molar-refractivity contribution in [3.8, 4) is 0 Å². The van der Waals surface area contributed by atoms with Gasteiger partial charge in [-0.1, -0.05) is 12.1 Å². The first-order valence-electron chi connectivity index (χ1n) is 6.80. The van der Waals surface area contributed by atoms with Crippen LogP contribution in [0.1, 0.15) is 36.0 Å². The van der Waals surface area contributed by atoms with Crippen molar-refractivity contribution in [1.29, 1.82) is 0 Å². The first kappa shape index (κ1) is 14.5. The van der Waals surface area contributed by atoms with Crippen LogP contribution in [-0.4, -0.2) is 36.7 Å². The van der Waals surface area contributed by atoms with Crippen molar-refractivity contribution >= 4 is 17.6 Å². The van der Waals surface area contributed by atoms with Crippen LogP contribution in [-0.2, 0) is 9.53 Å². The molecule has 1 aliphatic heterocycles. The van der Waals surface area contributed by atoms with Crippen molar-refractivity contribution in [1.82, 2.24) is 0 Å². The fraction of sp³-hybridized carbons (Fsp3) is 0.467. The van der Waals surface area contributed by atoms with Gasteiger partial charge >= 0.3 is 5.97 Å². The number of ether oxygens (including phenoxy) is 1. The number of para-hydroxylation sites is 1. The van der Waals surface area contributed by atoms with Gasteiger partial charge in [-0.3, -0.25) is 4.79 Å². The van der Waals surface area contributed by atoms with E-state index >= 15 is 0 Å². The highest BCUT2D eigenvalue weighted by atomic mass is 16.5. The lowest BCUT2D eigenvalue weighted by Crippen LogP contribution is -2.33. The molecule has 0 aliphatic carbocycles. The van der Waals surface area contributed by atoms with E-state index in [0.29, 0.717) is 18.7 Å². The summed E-state index contributed by atoms with van der Waals surface area (Å²) in [6.45, 7) is 0.702. The van der Waals surface area contributed by atoms with Crippen LogP contribution in [0.15, 0.2) is 24.3 Å². The minimum absolute atomic E-state index is 0.0457. The number of hydrogen-bond donors (Lipinski definition) is 1. The van der Waals surface area contributed by atoms with Crippen molar-refractivity contribution in [3.05, 3.63) is 29.8 Å². The number of amides is 1. The Bertz CT molecular complexity index is 494. The number of aromatic carboxylic acids is 1. The monoisotopic (exact) mass is 277 g/mol. The van der Waals surface area contributed by atoms with Gasteiger partial charge in [-0.15, -0.1) is 0 Å². The molecule has 1 amide bonds. The largest absolute Gasteiger partial charge is 0.478 e. The maximum atomic E-state index is 12.2. The molecule has 1 unspecified atom stereocenters. The Morgan fingerprint density at radius 1 is 1.35 bits per heavy atom. The maximum absolute atomic E-state index is 12.2. The third-order valence-electron chi connectivity index (χ3n) is 3.55. The summed E-state index contributed by atoms with van der Waals surface area (Å²) in [6, 6.07) is 6.51. The Morgan fingerprint density at radius 2 is 2.10 bits per heavy atom. The van der Waals surface area contributed by atoms with E-state index in [-0.39, 0.29) is 17.6 Å². The Labute approximate surface area is 118 Å². The van der Waals surface area contributed by atoms with Gasteiger partial charge in [0.2, 0.25) is 5.91 Å². The Kier molecular flexibility index (Phi) is 4.74. The number of carbonyl (C=O) groups excluding carboxylic acids is 1. The number of carboxylic acids is 1. The first-order valence-corrected chi connectivity index (χ1v) is 6.80. The summed E-state index contributed by atoms with van der Waals surface area (Å²) in [7, 11) is 1.60. The van der Waals surface area contributed by atoms with E-state index in [2.05, 4.69) is 0 Å². The quantitative estimate of drug-likeness (QED) is 0.917. The molecule has 0 radical (unpaired) electrons. The van der Waals surface area contributed by atoms with Crippen LogP contribution in [0.25, 0.3) is 0 Å². The molecule has 108 valence electrons. The Hall–Kier alpha value is -1.88. The van der Waals surface area contributed by atoms with Gasteiger partial charge < -0.3 is 14.7 Å². The molecule has 0 saturated carbocycles. The second-order valence-electron chi connectivity index (χ2n) is 4.97. The van der Waals surface area contributed by atoms with E-state index in [9.17, 15) is 9.59 Å². The average Bonchev–Trinajstić information content (AvgIpc) is 2.47. The third kappa shape index (κ3) is 3.36. The van der Waals surface area contributed by atoms with Crippen LogP contribution in [0, 0.1) is 0 Å². The number of benzene rings is 1. The van der Waals surface area contributed by atoms with Crippen molar-refractivity contribution in [2.75, 3.05) is 18.6 Å². The predicted octanol–water partition coefficient (Wildman–Crippen LogP) is 2.31. The van der Waals surface area contributed by atoms with Crippen LogP contribution in [0.5, 0.6) is 0 Å². The molecule has 1 heterocycles. The summed E-state index contributed by atoms with van der Waals surface area (Å²) in [5.41, 5.74) is 0.550. The first-order chi connectivity index (χ1) is 9.59. The molecular weight excluding hydrogens is 258 g/mol. The van der Waals surface area contributed by atoms with Gasteiger partial charge in [0, 0.05) is 13.7 Å². The lowest BCUT2D eigenvalue weighted by Gasteiger charge is -2.25. The van der Waals surface area contributed by atoms with Crippen LogP contribution in [0.2, 0.25) is 0 Å². The molecular formula is C15H19NO4. The molecule has 1 saturated heterocycles. The van der Waals surface area contributed by atoms with Gasteiger partial charge in [0.1, 0.15) is 0 Å². The second-order valence-corrected chi connectivity index (χ2v) is 4.97. The standard InChI is InChI=1S/C15H19NO4/c1-16(13-8-3-2-7-12(13)15(18)19)14(17)10-11-6-4-5-9-20-11/h2-3,7-8,11H,4-6,9-10H2,1H3,(H,18,19). The van der Waals surface area contributed by atoms with Gasteiger partial charge in [-0.25, -0.2) is 4.79 Å².